The highest BCUT2D eigenvalue weighted by molar-refractivity contribution is 5.86. The highest BCUT2D eigenvalue weighted by atomic mass is 16.1. The topological polar surface area (TPSA) is 29.1 Å². The second-order valence-electron chi connectivity index (χ2n) is 4.45. The number of carbonyl (C=O) groups is 1. The minimum atomic E-state index is -0.0952. The normalized spacial score (nSPS) is 10.3. The van der Waals surface area contributed by atoms with Gasteiger partial charge in [-0.15, -0.1) is 0 Å². The SMILES string of the molecule is C=CC(=O)NCCCc1ccccc1C(C)C. The molecule has 0 aliphatic carbocycles. The third-order valence-electron chi connectivity index (χ3n) is 2.78. The van der Waals surface area contributed by atoms with Crippen molar-refractivity contribution in [2.45, 2.75) is 32.6 Å². The van der Waals surface area contributed by atoms with Gasteiger partial charge in [-0.25, -0.2) is 0 Å². The van der Waals surface area contributed by atoms with E-state index in [4.69, 9.17) is 0 Å². The Kier molecular flexibility index (Phi) is 5.47. The summed E-state index contributed by atoms with van der Waals surface area (Å²) in [6.45, 7) is 8.54. The molecule has 17 heavy (non-hydrogen) atoms. The van der Waals surface area contributed by atoms with E-state index in [0.29, 0.717) is 12.5 Å². The van der Waals surface area contributed by atoms with Crippen LogP contribution in [0, 0.1) is 0 Å². The standard InChI is InChI=1S/C15H21NO/c1-4-15(17)16-11-7-9-13-8-5-6-10-14(13)12(2)3/h4-6,8,10,12H,1,7,9,11H2,2-3H3,(H,16,17). The Labute approximate surface area is 104 Å². The summed E-state index contributed by atoms with van der Waals surface area (Å²) in [5.41, 5.74) is 2.79. The molecule has 92 valence electrons. The average Bonchev–Trinajstić information content (AvgIpc) is 2.34. The molecule has 1 N–H and O–H groups in total. The van der Waals surface area contributed by atoms with Gasteiger partial charge in [-0.3, -0.25) is 4.79 Å². The highest BCUT2D eigenvalue weighted by Crippen LogP contribution is 2.20. The lowest BCUT2D eigenvalue weighted by Gasteiger charge is -2.12. The summed E-state index contributed by atoms with van der Waals surface area (Å²) in [7, 11) is 0. The number of nitrogens with one attached hydrogen (secondary N) is 1. The lowest BCUT2D eigenvalue weighted by atomic mass is 9.94. The maximum Gasteiger partial charge on any atom is 0.243 e. The van der Waals surface area contributed by atoms with E-state index in [-0.39, 0.29) is 5.91 Å². The molecule has 0 fully saturated rings. The zero-order valence-electron chi connectivity index (χ0n) is 10.7. The lowest BCUT2D eigenvalue weighted by molar-refractivity contribution is -0.116. The van der Waals surface area contributed by atoms with Gasteiger partial charge in [0.15, 0.2) is 0 Å². The van der Waals surface area contributed by atoms with Crippen molar-refractivity contribution in [3.05, 3.63) is 48.0 Å². The number of benzene rings is 1. The summed E-state index contributed by atoms with van der Waals surface area (Å²) in [5, 5.41) is 2.79. The van der Waals surface area contributed by atoms with E-state index in [2.05, 4.69) is 50.0 Å². The van der Waals surface area contributed by atoms with Gasteiger partial charge in [0.1, 0.15) is 0 Å². The van der Waals surface area contributed by atoms with Crippen LogP contribution in [0.5, 0.6) is 0 Å². The van der Waals surface area contributed by atoms with Crippen LogP contribution in [0.3, 0.4) is 0 Å². The fraction of sp³-hybridized carbons (Fsp3) is 0.400. The van der Waals surface area contributed by atoms with Gasteiger partial charge >= 0.3 is 0 Å². The Balaban J connectivity index is 2.46. The molecule has 0 spiro atoms. The van der Waals surface area contributed by atoms with Gasteiger partial charge in [0, 0.05) is 6.54 Å². The quantitative estimate of drug-likeness (QED) is 0.591. The maximum atomic E-state index is 11.0. The first-order chi connectivity index (χ1) is 8.15. The Morgan fingerprint density at radius 3 is 2.76 bits per heavy atom. The molecule has 1 rings (SSSR count). The molecule has 1 amide bonds. The van der Waals surface area contributed by atoms with E-state index in [0.717, 1.165) is 12.8 Å². The molecular formula is C15H21NO. The van der Waals surface area contributed by atoms with Gasteiger partial charge in [-0.1, -0.05) is 44.7 Å². The van der Waals surface area contributed by atoms with E-state index < -0.39 is 0 Å². The summed E-state index contributed by atoms with van der Waals surface area (Å²) in [5.74, 6) is 0.455. The van der Waals surface area contributed by atoms with Crippen LogP contribution in [0.25, 0.3) is 0 Å². The molecule has 0 heterocycles. The first-order valence-electron chi connectivity index (χ1n) is 6.13. The van der Waals surface area contributed by atoms with Crippen molar-refractivity contribution >= 4 is 5.91 Å². The van der Waals surface area contributed by atoms with Gasteiger partial charge < -0.3 is 5.32 Å². The molecule has 0 unspecified atom stereocenters. The minimum Gasteiger partial charge on any atom is -0.353 e. The molecule has 0 aromatic heterocycles. The number of hydrogen-bond donors (Lipinski definition) is 1. The van der Waals surface area contributed by atoms with Crippen molar-refractivity contribution in [2.75, 3.05) is 6.54 Å². The molecule has 0 aliphatic heterocycles. The first kappa shape index (κ1) is 13.5. The van der Waals surface area contributed by atoms with Crippen LogP contribution < -0.4 is 5.32 Å². The maximum absolute atomic E-state index is 11.0. The van der Waals surface area contributed by atoms with Crippen LogP contribution in [0.15, 0.2) is 36.9 Å². The van der Waals surface area contributed by atoms with E-state index in [9.17, 15) is 4.79 Å². The van der Waals surface area contributed by atoms with E-state index in [1.165, 1.54) is 17.2 Å². The predicted octanol–water partition coefficient (Wildman–Crippen LogP) is 3.04. The summed E-state index contributed by atoms with van der Waals surface area (Å²) in [6.07, 6.45) is 3.27. The van der Waals surface area contributed by atoms with Gasteiger partial charge in [-0.05, 0) is 36.0 Å². The monoisotopic (exact) mass is 231 g/mol. The molecule has 0 bridgehead atoms. The number of carbonyl (C=O) groups excluding carboxylic acids is 1. The van der Waals surface area contributed by atoms with E-state index in [1.807, 2.05) is 0 Å². The molecule has 0 aliphatic rings. The van der Waals surface area contributed by atoms with Crippen molar-refractivity contribution in [3.63, 3.8) is 0 Å². The van der Waals surface area contributed by atoms with Crippen molar-refractivity contribution in [2.24, 2.45) is 0 Å². The Morgan fingerprint density at radius 2 is 2.12 bits per heavy atom. The lowest BCUT2D eigenvalue weighted by Crippen LogP contribution is -2.22. The molecule has 2 nitrogen and oxygen atoms in total. The highest BCUT2D eigenvalue weighted by Gasteiger charge is 2.05. The molecular weight excluding hydrogens is 210 g/mol. The van der Waals surface area contributed by atoms with Crippen molar-refractivity contribution in [3.8, 4) is 0 Å². The van der Waals surface area contributed by atoms with Crippen LogP contribution in [0.2, 0.25) is 0 Å². The molecule has 2 heteroatoms. The fourth-order valence-corrected chi connectivity index (χ4v) is 1.89. The van der Waals surface area contributed by atoms with Crippen LogP contribution in [-0.4, -0.2) is 12.5 Å². The number of rotatable bonds is 6. The Bertz CT molecular complexity index is 382. The van der Waals surface area contributed by atoms with E-state index >= 15 is 0 Å². The molecule has 1 aromatic rings. The summed E-state index contributed by atoms with van der Waals surface area (Å²) < 4.78 is 0. The molecule has 0 radical (unpaired) electrons. The summed E-state index contributed by atoms with van der Waals surface area (Å²) >= 11 is 0. The summed E-state index contributed by atoms with van der Waals surface area (Å²) in [6, 6.07) is 8.51. The molecule has 0 saturated carbocycles. The average molecular weight is 231 g/mol. The van der Waals surface area contributed by atoms with E-state index in [1.54, 1.807) is 0 Å². The zero-order valence-corrected chi connectivity index (χ0v) is 10.7. The predicted molar refractivity (Wildman–Crippen MR) is 72.1 cm³/mol. The van der Waals surface area contributed by atoms with Crippen LogP contribution in [0.4, 0.5) is 0 Å². The second kappa shape index (κ2) is 6.89. The molecule has 0 saturated heterocycles. The first-order valence-corrected chi connectivity index (χ1v) is 6.13. The fourth-order valence-electron chi connectivity index (χ4n) is 1.89. The van der Waals surface area contributed by atoms with Crippen molar-refractivity contribution in [1.82, 2.24) is 5.32 Å². The molecule has 1 aromatic carbocycles. The minimum absolute atomic E-state index is 0.0952. The molecule has 0 atom stereocenters. The van der Waals surface area contributed by atoms with Crippen LogP contribution in [0.1, 0.15) is 37.3 Å². The number of hydrogen-bond acceptors (Lipinski definition) is 1. The third-order valence-corrected chi connectivity index (χ3v) is 2.78. The van der Waals surface area contributed by atoms with Gasteiger partial charge in [0.25, 0.3) is 0 Å². The summed E-state index contributed by atoms with van der Waals surface area (Å²) in [4.78, 5) is 11.0. The van der Waals surface area contributed by atoms with Gasteiger partial charge in [-0.2, -0.15) is 0 Å². The van der Waals surface area contributed by atoms with Crippen LogP contribution >= 0.6 is 0 Å². The number of aryl methyl sites for hydroxylation is 1. The largest absolute Gasteiger partial charge is 0.353 e. The number of amides is 1. The zero-order chi connectivity index (χ0) is 12.7. The van der Waals surface area contributed by atoms with Crippen molar-refractivity contribution in [1.29, 1.82) is 0 Å². The smallest absolute Gasteiger partial charge is 0.243 e. The van der Waals surface area contributed by atoms with Crippen molar-refractivity contribution < 1.29 is 4.79 Å². The second-order valence-corrected chi connectivity index (χ2v) is 4.45. The third kappa shape index (κ3) is 4.43. The van der Waals surface area contributed by atoms with Gasteiger partial charge in [0.05, 0.1) is 0 Å². The Morgan fingerprint density at radius 1 is 1.41 bits per heavy atom. The van der Waals surface area contributed by atoms with Crippen LogP contribution in [-0.2, 0) is 11.2 Å². The Hall–Kier alpha value is -1.57. The van der Waals surface area contributed by atoms with Gasteiger partial charge in [0.2, 0.25) is 5.91 Å².